The summed E-state index contributed by atoms with van der Waals surface area (Å²) in [7, 11) is -3.55. The number of benzene rings is 1. The van der Waals surface area contributed by atoms with Crippen LogP contribution in [0.15, 0.2) is 61.2 Å². The van der Waals surface area contributed by atoms with Crippen LogP contribution in [0.4, 0.5) is 17.3 Å². The molecule has 0 spiro atoms. The van der Waals surface area contributed by atoms with E-state index in [2.05, 4.69) is 30.6 Å². The number of nitrogens with zero attached hydrogens (tertiary/aromatic N) is 4. The third-order valence-electron chi connectivity index (χ3n) is 5.07. The summed E-state index contributed by atoms with van der Waals surface area (Å²) in [5, 5.41) is 6.85. The largest absolute Gasteiger partial charge is 0.486 e. The van der Waals surface area contributed by atoms with Gasteiger partial charge in [0.15, 0.2) is 0 Å². The first kappa shape index (κ1) is 27.4. The van der Waals surface area contributed by atoms with Gasteiger partial charge >= 0.3 is 7.60 Å². The van der Waals surface area contributed by atoms with E-state index in [1.807, 2.05) is 18.2 Å². The van der Waals surface area contributed by atoms with E-state index in [1.165, 1.54) is 12.5 Å². The van der Waals surface area contributed by atoms with Crippen molar-refractivity contribution < 1.29 is 23.1 Å². The van der Waals surface area contributed by atoms with Crippen molar-refractivity contribution in [2.75, 3.05) is 30.0 Å². The van der Waals surface area contributed by atoms with Crippen LogP contribution in [0.2, 0.25) is 5.02 Å². The van der Waals surface area contributed by atoms with Crippen molar-refractivity contribution in [3.8, 4) is 5.75 Å². The summed E-state index contributed by atoms with van der Waals surface area (Å²) in [5.41, 5.74) is 2.00. The van der Waals surface area contributed by atoms with E-state index in [0.29, 0.717) is 33.2 Å². The number of ether oxygens (including phenoxy) is 1. The summed E-state index contributed by atoms with van der Waals surface area (Å²) in [6.45, 7) is 3.97. The Morgan fingerprint density at radius 1 is 1.03 bits per heavy atom. The van der Waals surface area contributed by atoms with Gasteiger partial charge in [-0.15, -0.1) is 0 Å². The maximum Gasteiger partial charge on any atom is 0.340 e. The minimum absolute atomic E-state index is 0.159. The Morgan fingerprint density at radius 2 is 1.84 bits per heavy atom. The summed E-state index contributed by atoms with van der Waals surface area (Å²) in [6, 6.07) is 12.5. The second-order valence-electron chi connectivity index (χ2n) is 7.84. The van der Waals surface area contributed by atoms with Gasteiger partial charge in [0.05, 0.1) is 35.6 Å². The smallest absolute Gasteiger partial charge is 0.340 e. The Labute approximate surface area is 224 Å². The highest BCUT2D eigenvalue weighted by Gasteiger charge is 2.27. The molecular formula is C25H26ClN6O5P. The van der Waals surface area contributed by atoms with Gasteiger partial charge < -0.3 is 24.4 Å². The highest BCUT2D eigenvalue weighted by Crippen LogP contribution is 2.47. The number of hydrogen-bond acceptors (Lipinski definition) is 10. The molecule has 0 saturated heterocycles. The monoisotopic (exact) mass is 556 g/mol. The van der Waals surface area contributed by atoms with Crippen molar-refractivity contribution in [2.45, 2.75) is 20.5 Å². The van der Waals surface area contributed by atoms with Gasteiger partial charge in [-0.05, 0) is 50.2 Å². The van der Waals surface area contributed by atoms with E-state index in [9.17, 15) is 9.36 Å². The number of rotatable bonds is 12. The molecule has 1 aromatic carbocycles. The van der Waals surface area contributed by atoms with Crippen LogP contribution in [-0.4, -0.2) is 45.2 Å². The number of halogens is 1. The Bertz CT molecular complexity index is 1450. The molecule has 0 aliphatic rings. The van der Waals surface area contributed by atoms with Crippen LogP contribution in [0, 0.1) is 0 Å². The first-order valence-electron chi connectivity index (χ1n) is 11.8. The van der Waals surface area contributed by atoms with Gasteiger partial charge in [0.1, 0.15) is 36.5 Å². The minimum atomic E-state index is -3.55. The number of amides is 1. The third kappa shape index (κ3) is 7.23. The van der Waals surface area contributed by atoms with Gasteiger partial charge in [0.2, 0.25) is 5.91 Å². The van der Waals surface area contributed by atoms with Crippen LogP contribution >= 0.6 is 19.2 Å². The van der Waals surface area contributed by atoms with E-state index < -0.39 is 19.7 Å². The molecule has 1 amide bonds. The van der Waals surface area contributed by atoms with E-state index in [0.717, 1.165) is 5.69 Å². The maximum atomic E-state index is 12.7. The van der Waals surface area contributed by atoms with Gasteiger partial charge in [-0.25, -0.2) is 15.0 Å². The van der Waals surface area contributed by atoms with Gasteiger partial charge in [0.25, 0.3) is 0 Å². The average Bonchev–Trinajstić information content (AvgIpc) is 2.89. The molecule has 2 N–H and O–H groups in total. The summed E-state index contributed by atoms with van der Waals surface area (Å²) in [5.74, 6) is 0.666. The van der Waals surface area contributed by atoms with E-state index in [-0.39, 0.29) is 25.6 Å². The molecular weight excluding hydrogens is 531 g/mol. The van der Waals surface area contributed by atoms with Crippen molar-refractivity contribution in [3.05, 3.63) is 71.9 Å². The fourth-order valence-corrected chi connectivity index (χ4v) is 5.18. The van der Waals surface area contributed by atoms with Gasteiger partial charge in [0, 0.05) is 17.3 Å². The van der Waals surface area contributed by atoms with E-state index in [1.54, 1.807) is 44.3 Å². The number of pyridine rings is 2. The molecule has 4 rings (SSSR count). The van der Waals surface area contributed by atoms with Crippen LogP contribution in [0.3, 0.4) is 0 Å². The summed E-state index contributed by atoms with van der Waals surface area (Å²) < 4.78 is 28.8. The molecule has 13 heteroatoms. The van der Waals surface area contributed by atoms with Crippen molar-refractivity contribution >= 4 is 53.3 Å². The van der Waals surface area contributed by atoms with Crippen molar-refractivity contribution in [2.24, 2.45) is 0 Å². The number of hydrogen-bond donors (Lipinski definition) is 2. The van der Waals surface area contributed by atoms with Crippen LogP contribution < -0.4 is 15.4 Å². The fraction of sp³-hybridized carbons (Fsp3) is 0.240. The Morgan fingerprint density at radius 3 is 2.55 bits per heavy atom. The van der Waals surface area contributed by atoms with Crippen LogP contribution in [-0.2, 0) is 25.0 Å². The number of carbonyl (C=O) groups excluding carboxylic acids is 1. The van der Waals surface area contributed by atoms with Gasteiger partial charge in [-0.3, -0.25) is 14.3 Å². The van der Waals surface area contributed by atoms with Crippen LogP contribution in [0.1, 0.15) is 19.5 Å². The molecule has 0 unspecified atom stereocenters. The molecule has 198 valence electrons. The zero-order valence-corrected chi connectivity index (χ0v) is 22.4. The van der Waals surface area contributed by atoms with Crippen LogP contribution in [0.25, 0.3) is 10.9 Å². The Hall–Kier alpha value is -3.63. The first-order valence-corrected chi connectivity index (χ1v) is 13.9. The van der Waals surface area contributed by atoms with Crippen LogP contribution in [0.5, 0.6) is 5.75 Å². The molecule has 0 bridgehead atoms. The maximum absolute atomic E-state index is 12.7. The molecule has 11 nitrogen and oxygen atoms in total. The predicted octanol–water partition coefficient (Wildman–Crippen LogP) is 5.60. The Balaban J connectivity index is 1.48. The molecule has 0 aliphatic heterocycles. The standard InChI is InChI=1S/C25H26ClN6O5P/c1-3-36-38(34,37-4-2)15-24(33)32-23-12-19-21(13-28-23)29-16-30-25(19)31-17-8-9-22(20(26)11-17)35-14-18-7-5-6-10-27-18/h5-13,16H,3-4,14-15H2,1-2H3,(H,28,32,33)(H,29,30,31). The number of aromatic nitrogens is 4. The zero-order valence-electron chi connectivity index (χ0n) is 20.8. The molecule has 0 atom stereocenters. The van der Waals surface area contributed by atoms with Crippen molar-refractivity contribution in [3.63, 3.8) is 0 Å². The van der Waals surface area contributed by atoms with Gasteiger partial charge in [-0.2, -0.15) is 0 Å². The lowest BCUT2D eigenvalue weighted by atomic mass is 10.2. The van der Waals surface area contributed by atoms with Crippen molar-refractivity contribution in [1.82, 2.24) is 19.9 Å². The highest BCUT2D eigenvalue weighted by molar-refractivity contribution is 7.54. The SMILES string of the molecule is CCOP(=O)(CC(=O)Nc1cc2c(Nc3ccc(OCc4ccccn4)c(Cl)c3)ncnc2cn1)OCC. The predicted molar refractivity (Wildman–Crippen MR) is 145 cm³/mol. The third-order valence-corrected chi connectivity index (χ3v) is 7.35. The molecule has 0 fully saturated rings. The molecule has 3 heterocycles. The lowest BCUT2D eigenvalue weighted by Crippen LogP contribution is -2.19. The average molecular weight is 557 g/mol. The first-order chi connectivity index (χ1) is 18.4. The zero-order chi connectivity index (χ0) is 27.0. The second kappa shape index (κ2) is 12.7. The van der Waals surface area contributed by atoms with E-state index in [4.69, 9.17) is 25.4 Å². The molecule has 0 radical (unpaired) electrons. The summed E-state index contributed by atoms with van der Waals surface area (Å²) in [4.78, 5) is 29.6. The molecule has 0 saturated carbocycles. The number of anilines is 3. The fourth-order valence-electron chi connectivity index (χ4n) is 3.47. The van der Waals surface area contributed by atoms with E-state index >= 15 is 0 Å². The molecule has 3 aromatic heterocycles. The topological polar surface area (TPSA) is 137 Å². The van der Waals surface area contributed by atoms with Gasteiger partial charge in [-0.1, -0.05) is 17.7 Å². The molecule has 0 aliphatic carbocycles. The highest BCUT2D eigenvalue weighted by atomic mass is 35.5. The number of carbonyl (C=O) groups is 1. The lowest BCUT2D eigenvalue weighted by molar-refractivity contribution is -0.114. The molecule has 38 heavy (non-hydrogen) atoms. The number of fused-ring (bicyclic) bond motifs is 1. The summed E-state index contributed by atoms with van der Waals surface area (Å²) in [6.07, 6.45) is 4.17. The lowest BCUT2D eigenvalue weighted by Gasteiger charge is -2.16. The molecule has 4 aromatic rings. The quantitative estimate of drug-likeness (QED) is 0.212. The normalized spacial score (nSPS) is 11.3. The van der Waals surface area contributed by atoms with Crippen molar-refractivity contribution in [1.29, 1.82) is 0 Å². The second-order valence-corrected chi connectivity index (χ2v) is 10.3. The Kier molecular flexibility index (Phi) is 9.19. The minimum Gasteiger partial charge on any atom is -0.486 e. The summed E-state index contributed by atoms with van der Waals surface area (Å²) >= 11 is 6.44. The number of nitrogens with one attached hydrogen (secondary N) is 2.